The van der Waals surface area contributed by atoms with E-state index >= 15 is 0 Å². The Balaban J connectivity index is 1.78. The van der Waals surface area contributed by atoms with Crippen molar-refractivity contribution in [3.63, 3.8) is 0 Å². The van der Waals surface area contributed by atoms with Crippen LogP contribution in [0.25, 0.3) is 11.1 Å². The first-order valence-electron chi connectivity index (χ1n) is 6.61. The molecule has 0 bridgehead atoms. The standard InChI is InChI=1S/C17H10ClNO2/c18-12-1-3-14-10(8-12)7-11-9-13(2-4-15(11)14)19-16(20)5-6-17(19)21/h1-6,8-9H,7H2. The Morgan fingerprint density at radius 3 is 2.19 bits per heavy atom. The van der Waals surface area contributed by atoms with Gasteiger partial charge in [0.1, 0.15) is 0 Å². The van der Waals surface area contributed by atoms with Gasteiger partial charge in [0, 0.05) is 17.2 Å². The summed E-state index contributed by atoms with van der Waals surface area (Å²) >= 11 is 6.03. The zero-order chi connectivity index (χ0) is 14.6. The maximum Gasteiger partial charge on any atom is 0.258 e. The average molecular weight is 296 g/mol. The predicted octanol–water partition coefficient (Wildman–Crippen LogP) is 3.34. The lowest BCUT2D eigenvalue weighted by Gasteiger charge is -2.15. The van der Waals surface area contributed by atoms with Crippen molar-refractivity contribution in [2.75, 3.05) is 4.90 Å². The third-order valence-electron chi connectivity index (χ3n) is 3.89. The average Bonchev–Trinajstić information content (AvgIpc) is 2.97. The number of rotatable bonds is 1. The minimum Gasteiger partial charge on any atom is -0.269 e. The van der Waals surface area contributed by atoms with E-state index in [-0.39, 0.29) is 11.8 Å². The molecule has 0 spiro atoms. The van der Waals surface area contributed by atoms with Crippen molar-refractivity contribution >= 4 is 29.1 Å². The Kier molecular flexibility index (Phi) is 2.53. The molecule has 2 aromatic carbocycles. The maximum absolute atomic E-state index is 11.7. The molecule has 0 radical (unpaired) electrons. The molecule has 21 heavy (non-hydrogen) atoms. The summed E-state index contributed by atoms with van der Waals surface area (Å²) in [5.41, 5.74) is 5.20. The van der Waals surface area contributed by atoms with Crippen LogP contribution in [0.5, 0.6) is 0 Å². The van der Waals surface area contributed by atoms with Crippen LogP contribution in [0.4, 0.5) is 5.69 Å². The fraction of sp³-hybridized carbons (Fsp3) is 0.0588. The number of fused-ring (bicyclic) bond motifs is 3. The van der Waals surface area contributed by atoms with Crippen molar-refractivity contribution in [1.29, 1.82) is 0 Å². The van der Waals surface area contributed by atoms with Gasteiger partial charge in [0.15, 0.2) is 0 Å². The van der Waals surface area contributed by atoms with E-state index in [1.165, 1.54) is 22.6 Å². The van der Waals surface area contributed by atoms with E-state index in [0.29, 0.717) is 5.69 Å². The fourth-order valence-electron chi connectivity index (χ4n) is 2.96. The molecule has 1 aliphatic carbocycles. The molecule has 0 saturated carbocycles. The number of hydrogen-bond acceptors (Lipinski definition) is 2. The molecule has 1 heterocycles. The summed E-state index contributed by atoms with van der Waals surface area (Å²) in [5, 5.41) is 0.718. The van der Waals surface area contributed by atoms with Crippen LogP contribution in [0, 0.1) is 0 Å². The zero-order valence-corrected chi connectivity index (χ0v) is 11.7. The molecule has 0 fully saturated rings. The van der Waals surface area contributed by atoms with E-state index in [0.717, 1.165) is 28.1 Å². The summed E-state index contributed by atoms with van der Waals surface area (Å²) in [7, 11) is 0. The highest BCUT2D eigenvalue weighted by Gasteiger charge is 2.27. The lowest BCUT2D eigenvalue weighted by Crippen LogP contribution is -2.29. The Labute approximate surface area is 126 Å². The topological polar surface area (TPSA) is 37.4 Å². The zero-order valence-electron chi connectivity index (χ0n) is 11.0. The summed E-state index contributed by atoms with van der Waals surface area (Å²) < 4.78 is 0. The molecular weight excluding hydrogens is 286 g/mol. The van der Waals surface area contributed by atoms with Crippen LogP contribution < -0.4 is 4.90 Å². The Hall–Kier alpha value is -2.39. The highest BCUT2D eigenvalue weighted by molar-refractivity contribution is 6.30. The molecule has 0 aromatic heterocycles. The van der Waals surface area contributed by atoms with Gasteiger partial charge in [-0.05, 0) is 52.9 Å². The number of hydrogen-bond donors (Lipinski definition) is 0. The number of nitrogens with zero attached hydrogens (tertiary/aromatic N) is 1. The van der Waals surface area contributed by atoms with Crippen molar-refractivity contribution in [3.05, 3.63) is 64.7 Å². The first kappa shape index (κ1) is 12.4. The maximum atomic E-state index is 11.7. The van der Waals surface area contributed by atoms with Gasteiger partial charge in [-0.25, -0.2) is 4.90 Å². The second-order valence-electron chi connectivity index (χ2n) is 5.16. The van der Waals surface area contributed by atoms with Gasteiger partial charge in [0.25, 0.3) is 11.8 Å². The quantitative estimate of drug-likeness (QED) is 0.646. The predicted molar refractivity (Wildman–Crippen MR) is 81.3 cm³/mol. The first-order chi connectivity index (χ1) is 10.1. The Morgan fingerprint density at radius 2 is 1.48 bits per heavy atom. The van der Waals surface area contributed by atoms with Crippen LogP contribution in [0.15, 0.2) is 48.6 Å². The van der Waals surface area contributed by atoms with Crippen molar-refractivity contribution < 1.29 is 9.59 Å². The summed E-state index contributed by atoms with van der Waals surface area (Å²) in [5.74, 6) is -0.586. The second kappa shape index (κ2) is 4.30. The van der Waals surface area contributed by atoms with E-state index in [1.807, 2.05) is 36.4 Å². The number of benzene rings is 2. The Bertz CT molecular complexity index is 821. The van der Waals surface area contributed by atoms with Crippen molar-refractivity contribution in [2.24, 2.45) is 0 Å². The van der Waals surface area contributed by atoms with Gasteiger partial charge >= 0.3 is 0 Å². The van der Waals surface area contributed by atoms with Crippen molar-refractivity contribution in [2.45, 2.75) is 6.42 Å². The van der Waals surface area contributed by atoms with Crippen LogP contribution in [0.1, 0.15) is 11.1 Å². The molecule has 2 aromatic rings. The van der Waals surface area contributed by atoms with Crippen LogP contribution in [-0.2, 0) is 16.0 Å². The third-order valence-corrected chi connectivity index (χ3v) is 4.13. The van der Waals surface area contributed by atoms with Gasteiger partial charge in [-0.1, -0.05) is 23.7 Å². The van der Waals surface area contributed by atoms with Crippen LogP contribution >= 0.6 is 11.6 Å². The van der Waals surface area contributed by atoms with Crippen molar-refractivity contribution in [3.8, 4) is 11.1 Å². The molecule has 0 unspecified atom stereocenters. The van der Waals surface area contributed by atoms with Crippen LogP contribution in [0.3, 0.4) is 0 Å². The summed E-state index contributed by atoms with van der Waals surface area (Å²) in [6.07, 6.45) is 3.36. The van der Waals surface area contributed by atoms with E-state index < -0.39 is 0 Å². The molecule has 4 rings (SSSR count). The molecule has 2 amide bonds. The Morgan fingerprint density at radius 1 is 0.857 bits per heavy atom. The third kappa shape index (κ3) is 1.82. The number of carbonyl (C=O) groups is 2. The second-order valence-corrected chi connectivity index (χ2v) is 5.60. The van der Waals surface area contributed by atoms with Gasteiger partial charge in [0.2, 0.25) is 0 Å². The molecule has 3 nitrogen and oxygen atoms in total. The number of anilines is 1. The fourth-order valence-corrected chi connectivity index (χ4v) is 3.15. The van der Waals surface area contributed by atoms with E-state index in [9.17, 15) is 9.59 Å². The molecule has 1 aliphatic heterocycles. The van der Waals surface area contributed by atoms with Crippen LogP contribution in [0.2, 0.25) is 5.02 Å². The van der Waals surface area contributed by atoms with Gasteiger partial charge in [-0.2, -0.15) is 0 Å². The first-order valence-corrected chi connectivity index (χ1v) is 6.99. The molecule has 102 valence electrons. The van der Waals surface area contributed by atoms with Gasteiger partial charge < -0.3 is 0 Å². The summed E-state index contributed by atoms with van der Waals surface area (Å²) in [6.45, 7) is 0. The minimum absolute atomic E-state index is 0.293. The molecule has 0 N–H and O–H groups in total. The number of carbonyl (C=O) groups excluding carboxylic acids is 2. The highest BCUT2D eigenvalue weighted by atomic mass is 35.5. The molecule has 0 saturated heterocycles. The molecule has 2 aliphatic rings. The largest absolute Gasteiger partial charge is 0.269 e. The van der Waals surface area contributed by atoms with Crippen molar-refractivity contribution in [1.82, 2.24) is 0 Å². The van der Waals surface area contributed by atoms with Gasteiger partial charge in [-0.3, -0.25) is 9.59 Å². The molecule has 4 heteroatoms. The van der Waals surface area contributed by atoms with Crippen LogP contribution in [-0.4, -0.2) is 11.8 Å². The van der Waals surface area contributed by atoms with E-state index in [2.05, 4.69) is 0 Å². The number of imide groups is 1. The molecule has 0 atom stereocenters. The monoisotopic (exact) mass is 295 g/mol. The van der Waals surface area contributed by atoms with Gasteiger partial charge in [-0.15, -0.1) is 0 Å². The lowest BCUT2D eigenvalue weighted by molar-refractivity contribution is -0.119. The summed E-state index contributed by atoms with van der Waals surface area (Å²) in [4.78, 5) is 24.7. The number of halogens is 1. The molecular formula is C17H10ClNO2. The van der Waals surface area contributed by atoms with Gasteiger partial charge in [0.05, 0.1) is 5.69 Å². The van der Waals surface area contributed by atoms with E-state index in [4.69, 9.17) is 11.6 Å². The summed E-state index contributed by atoms with van der Waals surface area (Å²) in [6, 6.07) is 11.5. The number of amides is 2. The lowest BCUT2D eigenvalue weighted by atomic mass is 10.1. The van der Waals surface area contributed by atoms with E-state index in [1.54, 1.807) is 0 Å². The minimum atomic E-state index is -0.293. The smallest absolute Gasteiger partial charge is 0.258 e. The SMILES string of the molecule is O=C1C=CC(=O)N1c1ccc2c(c1)Cc1cc(Cl)ccc1-2. The normalized spacial score (nSPS) is 15.6. The highest BCUT2D eigenvalue weighted by Crippen LogP contribution is 2.39.